The molecule has 3 aliphatic carbocycles. The molecule has 1 saturated carbocycles. The number of hydrogen-bond donors (Lipinski definition) is 5. The quantitative estimate of drug-likeness (QED) is 0.314. The number of halogens is 3. The second-order valence-corrected chi connectivity index (χ2v) is 11.6. The van der Waals surface area contributed by atoms with Crippen LogP contribution in [0.25, 0.3) is 16.9 Å². The number of aliphatic hydroxyl groups excluding tert-OH is 2. The minimum atomic E-state index is -4.91. The molecule has 4 atom stereocenters. The largest absolute Gasteiger partial charge is 0.573 e. The zero-order chi connectivity index (χ0) is 32.6. The normalized spacial score (nSPS) is 25.1. The summed E-state index contributed by atoms with van der Waals surface area (Å²) >= 11 is 0. The van der Waals surface area contributed by atoms with Crippen LogP contribution in [0.5, 0.6) is 11.5 Å². The van der Waals surface area contributed by atoms with Gasteiger partial charge in [0.05, 0.1) is 11.6 Å². The van der Waals surface area contributed by atoms with Crippen molar-refractivity contribution in [2.75, 3.05) is 33.1 Å². The summed E-state index contributed by atoms with van der Waals surface area (Å²) in [5.41, 5.74) is 2.55. The number of nitrogens with two attached hydrogens (primary N) is 1. The molecule has 1 amide bonds. The summed E-state index contributed by atoms with van der Waals surface area (Å²) in [6.45, 7) is 0. The smallest absolute Gasteiger partial charge is 0.508 e. The highest BCUT2D eigenvalue weighted by molar-refractivity contribution is 6.24. The molecule has 1 fully saturated rings. The number of aromatic hydroxyl groups is 1. The summed E-state index contributed by atoms with van der Waals surface area (Å²) in [7, 11) is 6.43. The third-order valence-corrected chi connectivity index (χ3v) is 8.58. The Labute approximate surface area is 249 Å². The maximum absolute atomic E-state index is 14.1. The van der Waals surface area contributed by atoms with Crippen LogP contribution in [0.2, 0.25) is 0 Å². The van der Waals surface area contributed by atoms with Crippen LogP contribution in [0.4, 0.5) is 18.9 Å². The molecule has 5 rings (SSSR count). The first-order valence-corrected chi connectivity index (χ1v) is 13.5. The van der Waals surface area contributed by atoms with Crippen molar-refractivity contribution in [3.63, 3.8) is 0 Å². The topological polar surface area (TPSA) is 174 Å². The Hall–Kier alpha value is -4.56. The number of ether oxygens (including phenoxy) is 1. The summed E-state index contributed by atoms with van der Waals surface area (Å²) < 4.78 is 41.9. The fraction of sp³-hybridized carbons (Fsp3) is 0.367. The van der Waals surface area contributed by atoms with E-state index in [9.17, 15) is 48.0 Å². The maximum atomic E-state index is 14.1. The molecule has 0 aliphatic heterocycles. The van der Waals surface area contributed by atoms with Crippen LogP contribution in [0.3, 0.4) is 0 Å². The highest BCUT2D eigenvalue weighted by Crippen LogP contribution is 2.55. The second kappa shape index (κ2) is 10.3. The number of primary amides is 1. The average molecular weight is 618 g/mol. The Balaban J connectivity index is 1.71. The Kier molecular flexibility index (Phi) is 7.21. The lowest BCUT2D eigenvalue weighted by atomic mass is 9.57. The Bertz CT molecular complexity index is 1660. The van der Waals surface area contributed by atoms with Gasteiger partial charge in [0.2, 0.25) is 5.78 Å². The molecular formula is C30H30F3N3O8. The van der Waals surface area contributed by atoms with Gasteiger partial charge in [-0.15, -0.1) is 13.2 Å². The first-order valence-electron chi connectivity index (χ1n) is 13.5. The highest BCUT2D eigenvalue weighted by Gasteiger charge is 2.64. The SMILES string of the molecule is CN(C)c1cc(-c2ccc(OC(F)(F)F)cc2)c(O)c2c1C[C@@H]1C[C@H]3[C@H](N(C)C)C(=O)C(C(N)=O)=C(O)[C@]3(O)C(=O)C1=C2O. The highest BCUT2D eigenvalue weighted by atomic mass is 19.4. The molecule has 3 aliphatic rings. The number of Topliss-reactive ketones (excluding diaryl/α,β-unsaturated/α-hetero) is 2. The monoisotopic (exact) mass is 617 g/mol. The molecule has 0 aromatic heterocycles. The number of anilines is 1. The third kappa shape index (κ3) is 4.56. The average Bonchev–Trinajstić information content (AvgIpc) is 2.90. The first kappa shape index (κ1) is 30.9. The van der Waals surface area contributed by atoms with Crippen LogP contribution in [-0.4, -0.2) is 89.0 Å². The minimum absolute atomic E-state index is 0.0676. The van der Waals surface area contributed by atoms with Crippen molar-refractivity contribution in [2.45, 2.75) is 30.8 Å². The van der Waals surface area contributed by atoms with Gasteiger partial charge in [-0.3, -0.25) is 19.3 Å². The number of phenolic OH excluding ortho intramolecular Hbond substituents is 1. The van der Waals surface area contributed by atoms with Gasteiger partial charge in [0.25, 0.3) is 5.91 Å². The predicted octanol–water partition coefficient (Wildman–Crippen LogP) is 2.60. The predicted molar refractivity (Wildman–Crippen MR) is 151 cm³/mol. The summed E-state index contributed by atoms with van der Waals surface area (Å²) in [4.78, 5) is 42.6. The number of ketones is 2. The summed E-state index contributed by atoms with van der Waals surface area (Å²) in [6.07, 6.45) is -4.90. The molecule has 2 aromatic rings. The number of alkyl halides is 3. The number of phenols is 1. The van der Waals surface area contributed by atoms with E-state index in [0.29, 0.717) is 11.3 Å². The van der Waals surface area contributed by atoms with Crippen LogP contribution in [0.1, 0.15) is 17.5 Å². The van der Waals surface area contributed by atoms with Gasteiger partial charge in [0.1, 0.15) is 28.6 Å². The Morgan fingerprint density at radius 3 is 2.20 bits per heavy atom. The molecule has 234 valence electrons. The molecule has 0 bridgehead atoms. The molecule has 14 heteroatoms. The van der Waals surface area contributed by atoms with E-state index < -0.39 is 75.9 Å². The zero-order valence-corrected chi connectivity index (χ0v) is 24.1. The Morgan fingerprint density at radius 1 is 1.07 bits per heavy atom. The van der Waals surface area contributed by atoms with E-state index in [-0.39, 0.29) is 35.1 Å². The molecule has 0 spiro atoms. The molecule has 0 heterocycles. The summed E-state index contributed by atoms with van der Waals surface area (Å²) in [6, 6.07) is 5.07. The molecule has 2 aromatic carbocycles. The van der Waals surface area contributed by atoms with Crippen molar-refractivity contribution < 1.29 is 52.7 Å². The van der Waals surface area contributed by atoms with E-state index in [2.05, 4.69) is 4.74 Å². The number of carbonyl (C=O) groups is 3. The van der Waals surface area contributed by atoms with Crippen molar-refractivity contribution >= 4 is 28.9 Å². The van der Waals surface area contributed by atoms with E-state index in [1.807, 2.05) is 0 Å². The van der Waals surface area contributed by atoms with E-state index in [0.717, 1.165) is 12.1 Å². The van der Waals surface area contributed by atoms with Gasteiger partial charge in [-0.2, -0.15) is 0 Å². The number of fused-ring (bicyclic) bond motifs is 3. The number of aliphatic hydroxyl groups is 3. The van der Waals surface area contributed by atoms with E-state index in [1.165, 1.54) is 31.1 Å². The molecular weight excluding hydrogens is 587 g/mol. The van der Waals surface area contributed by atoms with Crippen molar-refractivity contribution in [2.24, 2.45) is 17.6 Å². The van der Waals surface area contributed by atoms with Gasteiger partial charge in [0.15, 0.2) is 11.4 Å². The van der Waals surface area contributed by atoms with Gasteiger partial charge >= 0.3 is 6.36 Å². The van der Waals surface area contributed by atoms with E-state index in [4.69, 9.17) is 5.73 Å². The summed E-state index contributed by atoms with van der Waals surface area (Å²) in [5.74, 6) is -8.15. The zero-order valence-electron chi connectivity index (χ0n) is 24.1. The van der Waals surface area contributed by atoms with Crippen molar-refractivity contribution in [1.29, 1.82) is 0 Å². The third-order valence-electron chi connectivity index (χ3n) is 8.58. The number of likely N-dealkylation sites (N-methyl/N-ethyl adjacent to an activating group) is 1. The van der Waals surface area contributed by atoms with Crippen molar-refractivity contribution in [1.82, 2.24) is 4.90 Å². The summed E-state index contributed by atoms with van der Waals surface area (Å²) in [5, 5.41) is 45.8. The van der Waals surface area contributed by atoms with Gasteiger partial charge in [-0.1, -0.05) is 12.1 Å². The number of rotatable bonds is 5. The van der Waals surface area contributed by atoms with Gasteiger partial charge in [-0.05, 0) is 62.2 Å². The fourth-order valence-electron chi connectivity index (χ4n) is 6.75. The van der Waals surface area contributed by atoms with Gasteiger partial charge < -0.3 is 35.8 Å². The minimum Gasteiger partial charge on any atom is -0.508 e. The fourth-order valence-corrected chi connectivity index (χ4v) is 6.75. The number of amides is 1. The molecule has 0 radical (unpaired) electrons. The van der Waals surface area contributed by atoms with Gasteiger partial charge in [0, 0.05) is 36.8 Å². The lowest BCUT2D eigenvalue weighted by Crippen LogP contribution is -2.65. The standard InChI is InChI=1S/C30H30F3N3O8/c1-35(2)18-11-15(12-5-7-14(8-6-12)44-30(31,32)33)23(37)20-16(18)9-13-10-17-22(36(3)4)25(39)21(28(34)42)27(41)29(17,43)26(40)19(13)24(20)38/h5-8,11,13,17,22,37-38,41,43H,9-10H2,1-4H3,(H2,34,42)/t13-,17+,22+,29-/m1/s1. The van der Waals surface area contributed by atoms with E-state index >= 15 is 0 Å². The Morgan fingerprint density at radius 2 is 1.68 bits per heavy atom. The number of carbonyl (C=O) groups excluding carboxylic acids is 3. The van der Waals surface area contributed by atoms with Crippen molar-refractivity contribution in [3.05, 3.63) is 58.4 Å². The van der Waals surface area contributed by atoms with Crippen molar-refractivity contribution in [3.8, 4) is 22.6 Å². The molecule has 0 saturated heterocycles. The van der Waals surface area contributed by atoms with Crippen LogP contribution in [0, 0.1) is 11.8 Å². The molecule has 6 N–H and O–H groups in total. The van der Waals surface area contributed by atoms with Gasteiger partial charge in [-0.25, -0.2) is 0 Å². The number of benzene rings is 2. The number of hydrogen-bond acceptors (Lipinski definition) is 10. The number of nitrogens with zero attached hydrogens (tertiary/aromatic N) is 2. The maximum Gasteiger partial charge on any atom is 0.573 e. The van der Waals surface area contributed by atoms with Crippen LogP contribution in [0.15, 0.2) is 47.2 Å². The molecule has 44 heavy (non-hydrogen) atoms. The van der Waals surface area contributed by atoms with Crippen LogP contribution >= 0.6 is 0 Å². The van der Waals surface area contributed by atoms with Crippen LogP contribution in [-0.2, 0) is 20.8 Å². The lowest BCUT2D eigenvalue weighted by Gasteiger charge is -2.50. The first-order chi connectivity index (χ1) is 20.4. The molecule has 11 nitrogen and oxygen atoms in total. The molecule has 0 unspecified atom stereocenters. The lowest BCUT2D eigenvalue weighted by molar-refractivity contribution is -0.274. The van der Waals surface area contributed by atoms with Crippen LogP contribution < -0.4 is 15.4 Å². The van der Waals surface area contributed by atoms with E-state index in [1.54, 1.807) is 25.1 Å². The second-order valence-electron chi connectivity index (χ2n) is 11.6.